The number of ether oxygens (including phenoxy) is 1. The van der Waals surface area contributed by atoms with Gasteiger partial charge in [-0.1, -0.05) is 0 Å². The summed E-state index contributed by atoms with van der Waals surface area (Å²) in [6, 6.07) is -0.697. The Hall–Kier alpha value is -1.61. The third kappa shape index (κ3) is 2.06. The topological polar surface area (TPSA) is 97.0 Å². The van der Waals surface area contributed by atoms with Crippen LogP contribution >= 0.6 is 24.0 Å². The minimum atomic E-state index is -0.697. The number of nitrogens with zero attached hydrogens (tertiary/aromatic N) is 2. The highest BCUT2D eigenvalue weighted by molar-refractivity contribution is 8.03. The summed E-state index contributed by atoms with van der Waals surface area (Å²) < 4.78 is 4.63. The summed E-state index contributed by atoms with van der Waals surface area (Å²) in [4.78, 5) is 24.8. The maximum absolute atomic E-state index is 11.9. The first-order valence-corrected chi connectivity index (χ1v) is 6.27. The molecule has 0 spiro atoms. The number of β-lactam (4-membered cyclic amide) rings is 1. The van der Waals surface area contributed by atoms with Crippen LogP contribution in [0.15, 0.2) is 16.6 Å². The van der Waals surface area contributed by atoms with Crippen LogP contribution < -0.4 is 11.2 Å². The predicted molar refractivity (Wildman–Crippen MR) is 70.5 cm³/mol. The van der Waals surface area contributed by atoms with Gasteiger partial charge in [0.25, 0.3) is 5.91 Å². The molecule has 0 aromatic carbocycles. The Bertz CT molecular complexity index is 476. The molecule has 7 nitrogen and oxygen atoms in total. The molecular weight excluding hydrogens is 276 g/mol. The number of hydrogen-bond donors (Lipinski definition) is 2. The average molecular weight is 286 g/mol. The van der Waals surface area contributed by atoms with Crippen LogP contribution in [0, 0.1) is 0 Å². The van der Waals surface area contributed by atoms with Crippen molar-refractivity contribution in [2.45, 2.75) is 11.4 Å². The lowest BCUT2D eigenvalue weighted by Crippen LogP contribution is -2.66. The number of thioether (sulfide) groups is 1. The monoisotopic (exact) mass is 286 g/mol. The Morgan fingerprint density at radius 1 is 1.72 bits per heavy atom. The van der Waals surface area contributed by atoms with Gasteiger partial charge in [0.2, 0.25) is 0 Å². The fourth-order valence-electron chi connectivity index (χ4n) is 1.63. The van der Waals surface area contributed by atoms with Crippen LogP contribution in [0.1, 0.15) is 0 Å². The Labute approximate surface area is 112 Å². The highest BCUT2D eigenvalue weighted by Crippen LogP contribution is 2.35. The van der Waals surface area contributed by atoms with Crippen LogP contribution in [0.25, 0.3) is 0 Å². The first-order valence-electron chi connectivity index (χ1n) is 4.92. The summed E-state index contributed by atoms with van der Waals surface area (Å²) in [5, 5.41) is 5.23. The summed E-state index contributed by atoms with van der Waals surface area (Å²) in [5.74, 6) is -0.817. The first-order chi connectivity index (χ1) is 8.56. The molecule has 1 saturated heterocycles. The fourth-order valence-corrected chi connectivity index (χ4v) is 2.70. The second kappa shape index (κ2) is 4.94. The van der Waals surface area contributed by atoms with Gasteiger partial charge >= 0.3 is 5.97 Å². The Morgan fingerprint density at radius 2 is 2.44 bits per heavy atom. The molecule has 0 aromatic heterocycles. The van der Waals surface area contributed by atoms with Crippen LogP contribution in [0.2, 0.25) is 0 Å². The van der Waals surface area contributed by atoms with E-state index >= 15 is 0 Å². The first kappa shape index (κ1) is 12.8. The average Bonchev–Trinajstić information content (AvgIpc) is 2.36. The van der Waals surface area contributed by atoms with Crippen molar-refractivity contribution in [1.82, 2.24) is 10.3 Å². The maximum atomic E-state index is 11.9. The molecule has 9 heteroatoms. The summed E-state index contributed by atoms with van der Waals surface area (Å²) in [6.07, 6.45) is 1.61. The van der Waals surface area contributed by atoms with E-state index < -0.39 is 12.0 Å². The van der Waals surface area contributed by atoms with Crippen molar-refractivity contribution in [1.29, 1.82) is 0 Å². The number of methoxy groups -OCH3 is 1. The quantitative estimate of drug-likeness (QED) is 0.295. The molecule has 0 saturated carbocycles. The van der Waals surface area contributed by atoms with Crippen LogP contribution in [-0.2, 0) is 14.3 Å². The number of esters is 1. The molecule has 2 atom stereocenters. The van der Waals surface area contributed by atoms with Crippen molar-refractivity contribution < 1.29 is 14.3 Å². The molecule has 0 radical (unpaired) electrons. The Morgan fingerprint density at radius 3 is 3.06 bits per heavy atom. The van der Waals surface area contributed by atoms with E-state index in [2.05, 4.69) is 27.5 Å². The van der Waals surface area contributed by atoms with Gasteiger partial charge in [-0.15, -0.1) is 11.8 Å². The van der Waals surface area contributed by atoms with Gasteiger partial charge in [-0.05, 0) is 23.7 Å². The van der Waals surface area contributed by atoms with Crippen LogP contribution in [0.4, 0.5) is 0 Å². The predicted octanol–water partition coefficient (Wildman–Crippen LogP) is -0.854. The summed E-state index contributed by atoms with van der Waals surface area (Å²) >= 11 is 5.96. The highest BCUT2D eigenvalue weighted by Gasteiger charge is 2.51. The van der Waals surface area contributed by atoms with E-state index in [-0.39, 0.29) is 22.1 Å². The van der Waals surface area contributed by atoms with Gasteiger partial charge in [-0.2, -0.15) is 5.10 Å². The van der Waals surface area contributed by atoms with Crippen molar-refractivity contribution in [3.05, 3.63) is 11.5 Å². The molecule has 1 unspecified atom stereocenters. The number of hydrazone groups is 1. The molecule has 3 N–H and O–H groups in total. The zero-order valence-corrected chi connectivity index (χ0v) is 11.0. The van der Waals surface area contributed by atoms with Gasteiger partial charge in [-0.3, -0.25) is 10.2 Å². The lowest BCUT2D eigenvalue weighted by molar-refractivity contribution is -0.150. The molecule has 0 bridgehead atoms. The fraction of sp³-hybridized carbons (Fsp3) is 0.333. The van der Waals surface area contributed by atoms with Gasteiger partial charge in [0.05, 0.1) is 7.11 Å². The van der Waals surface area contributed by atoms with E-state index in [4.69, 9.17) is 5.73 Å². The summed E-state index contributed by atoms with van der Waals surface area (Å²) in [7, 11) is 1.28. The molecule has 2 heterocycles. The van der Waals surface area contributed by atoms with Crippen molar-refractivity contribution in [2.24, 2.45) is 10.8 Å². The van der Waals surface area contributed by atoms with Crippen molar-refractivity contribution in [3.63, 3.8) is 0 Å². The number of rotatable bonds is 2. The van der Waals surface area contributed by atoms with E-state index in [0.717, 1.165) is 0 Å². The van der Waals surface area contributed by atoms with Gasteiger partial charge in [0.15, 0.2) is 16.9 Å². The molecule has 1 amide bonds. The van der Waals surface area contributed by atoms with Crippen LogP contribution in [-0.4, -0.2) is 46.1 Å². The number of nitrogens with one attached hydrogen (secondary N) is 1. The Balaban J connectivity index is 2.16. The van der Waals surface area contributed by atoms with Gasteiger partial charge in [0, 0.05) is 0 Å². The minimum absolute atomic E-state index is 0.0189. The number of hydrogen-bond acceptors (Lipinski definition) is 6. The number of amides is 1. The molecule has 18 heavy (non-hydrogen) atoms. The third-order valence-electron chi connectivity index (χ3n) is 2.44. The van der Waals surface area contributed by atoms with E-state index in [0.29, 0.717) is 0 Å². The standard InChI is InChI=1S/C9H10N4O3S2/c1-16-8(15)4-2-3-18-7-5(6(14)13(4)7)11-12-9(10)17/h2-4,7H,1H3,(H3,10,12,17)/t4?,7-/m0/s1. The zero-order chi connectivity index (χ0) is 13.3. The van der Waals surface area contributed by atoms with E-state index in [1.165, 1.54) is 23.8 Å². The number of carbonyl (C=O) groups excluding carboxylic acids is 2. The molecule has 2 rings (SSSR count). The second-order valence-electron chi connectivity index (χ2n) is 3.47. The number of fused-ring (bicyclic) bond motifs is 1. The highest BCUT2D eigenvalue weighted by atomic mass is 32.2. The molecule has 0 aromatic rings. The van der Waals surface area contributed by atoms with Gasteiger partial charge in [0.1, 0.15) is 5.37 Å². The maximum Gasteiger partial charge on any atom is 0.332 e. The summed E-state index contributed by atoms with van der Waals surface area (Å²) in [6.45, 7) is 0. The van der Waals surface area contributed by atoms with Crippen molar-refractivity contribution >= 4 is 46.7 Å². The molecule has 1 fully saturated rings. The van der Waals surface area contributed by atoms with Crippen LogP contribution in [0.5, 0.6) is 0 Å². The van der Waals surface area contributed by atoms with Gasteiger partial charge in [-0.25, -0.2) is 4.79 Å². The van der Waals surface area contributed by atoms with Crippen molar-refractivity contribution in [2.75, 3.05) is 7.11 Å². The number of thiocarbonyl (C=S) groups is 1. The minimum Gasteiger partial charge on any atom is -0.467 e. The normalized spacial score (nSPS) is 27.5. The molecule has 2 aliphatic heterocycles. The third-order valence-corrected chi connectivity index (χ3v) is 3.55. The van der Waals surface area contributed by atoms with Crippen LogP contribution in [0.3, 0.4) is 0 Å². The Kier molecular flexibility index (Phi) is 3.53. The summed E-state index contributed by atoms with van der Waals surface area (Å²) in [5.41, 5.74) is 7.87. The number of nitrogens with two attached hydrogens (primary N) is 1. The van der Waals surface area contributed by atoms with Gasteiger partial charge < -0.3 is 15.4 Å². The molecule has 0 aliphatic carbocycles. The zero-order valence-electron chi connectivity index (χ0n) is 9.32. The van der Waals surface area contributed by atoms with E-state index in [9.17, 15) is 9.59 Å². The molecule has 2 aliphatic rings. The van der Waals surface area contributed by atoms with E-state index in [1.54, 1.807) is 11.5 Å². The van der Waals surface area contributed by atoms with Crippen molar-refractivity contribution in [3.8, 4) is 0 Å². The lowest BCUT2D eigenvalue weighted by atomic mass is 10.1. The largest absolute Gasteiger partial charge is 0.467 e. The van der Waals surface area contributed by atoms with E-state index in [1.807, 2.05) is 0 Å². The molecule has 96 valence electrons. The lowest BCUT2D eigenvalue weighted by Gasteiger charge is -2.44. The second-order valence-corrected chi connectivity index (χ2v) is 4.90. The number of carbonyl (C=O) groups is 2. The SMILES string of the molecule is COC(=O)C1C=CS[C@H]2C(=NNC(N)=S)C(=O)N12. The smallest absolute Gasteiger partial charge is 0.332 e. The molecular formula is C9H10N4O3S2.